The molecule has 0 aliphatic rings. The smallest absolute Gasteiger partial charge is 0.0482 e. The average Bonchev–Trinajstić information content (AvgIpc) is 2.14. The Morgan fingerprint density at radius 2 is 2.50 bits per heavy atom. The zero-order valence-electron chi connectivity index (χ0n) is 4.65. The molecule has 1 aromatic rings. The average molecular weight is 147 g/mol. The molecule has 1 rings (SSSR count). The fourth-order valence-electron chi connectivity index (χ4n) is 0.568. The molecule has 1 aromatic heterocycles. The highest BCUT2D eigenvalue weighted by atomic mass is 35.5. The van der Waals surface area contributed by atoms with Crippen LogP contribution in [0.25, 0.3) is 0 Å². The summed E-state index contributed by atoms with van der Waals surface area (Å²) in [5, 5.41) is 2.09. The van der Waals surface area contributed by atoms with Crippen LogP contribution in [0.5, 0.6) is 0 Å². The second-order valence-electron chi connectivity index (χ2n) is 1.70. The van der Waals surface area contributed by atoms with E-state index in [1.807, 2.05) is 0 Å². The van der Waals surface area contributed by atoms with Crippen LogP contribution in [0.4, 0.5) is 0 Å². The van der Waals surface area contributed by atoms with Gasteiger partial charge < -0.3 is 0 Å². The molecule has 0 aromatic carbocycles. The van der Waals surface area contributed by atoms with E-state index in [9.17, 15) is 0 Å². The third kappa shape index (κ3) is 1.23. The highest BCUT2D eigenvalue weighted by Crippen LogP contribution is 2.14. The van der Waals surface area contributed by atoms with Crippen LogP contribution in [0.15, 0.2) is 11.4 Å². The molecule has 0 fully saturated rings. The van der Waals surface area contributed by atoms with Crippen molar-refractivity contribution < 1.29 is 0 Å². The van der Waals surface area contributed by atoms with Crippen LogP contribution in [0, 0.1) is 6.92 Å². The van der Waals surface area contributed by atoms with E-state index in [1.165, 1.54) is 10.4 Å². The Balaban J connectivity index is 2.84. The van der Waals surface area contributed by atoms with Gasteiger partial charge in [-0.1, -0.05) is 0 Å². The fraction of sp³-hybridized carbons (Fsp3) is 0.333. The Bertz CT molecular complexity index is 169. The molecule has 0 aliphatic heterocycles. The van der Waals surface area contributed by atoms with E-state index in [0.29, 0.717) is 5.88 Å². The van der Waals surface area contributed by atoms with E-state index < -0.39 is 0 Å². The third-order valence-corrected chi connectivity index (χ3v) is 2.16. The van der Waals surface area contributed by atoms with Gasteiger partial charge in [0.25, 0.3) is 0 Å². The lowest BCUT2D eigenvalue weighted by Gasteiger charge is -1.78. The second-order valence-corrected chi connectivity index (χ2v) is 3.08. The highest BCUT2D eigenvalue weighted by molar-refractivity contribution is 7.10. The largest absolute Gasteiger partial charge is 0.149 e. The van der Waals surface area contributed by atoms with Gasteiger partial charge >= 0.3 is 0 Å². The molecule has 0 atom stereocenters. The normalized spacial score (nSPS) is 9.75. The van der Waals surface area contributed by atoms with Gasteiger partial charge in [0.15, 0.2) is 0 Å². The number of thiophene rings is 1. The van der Waals surface area contributed by atoms with Crippen molar-refractivity contribution in [3.05, 3.63) is 21.9 Å². The summed E-state index contributed by atoms with van der Waals surface area (Å²) in [4.78, 5) is 1.33. The predicted octanol–water partition coefficient (Wildman–Crippen LogP) is 2.80. The summed E-state index contributed by atoms with van der Waals surface area (Å²) < 4.78 is 0. The first-order valence-electron chi connectivity index (χ1n) is 2.43. The number of hydrogen-bond acceptors (Lipinski definition) is 1. The fourth-order valence-corrected chi connectivity index (χ4v) is 1.52. The Labute approximate surface area is 58.1 Å². The number of hydrogen-bond donors (Lipinski definition) is 0. The van der Waals surface area contributed by atoms with Crippen molar-refractivity contribution >= 4 is 22.9 Å². The van der Waals surface area contributed by atoms with Crippen molar-refractivity contribution in [1.82, 2.24) is 0 Å². The number of alkyl halides is 1. The SMILES string of the molecule is Cc1cc(CCl)cs1. The van der Waals surface area contributed by atoms with Gasteiger partial charge in [0.1, 0.15) is 0 Å². The van der Waals surface area contributed by atoms with E-state index in [-0.39, 0.29) is 0 Å². The van der Waals surface area contributed by atoms with Crippen LogP contribution in [0.3, 0.4) is 0 Å². The minimum Gasteiger partial charge on any atom is -0.149 e. The van der Waals surface area contributed by atoms with Gasteiger partial charge in [-0.05, 0) is 23.9 Å². The maximum Gasteiger partial charge on any atom is 0.0482 e. The standard InChI is InChI=1S/C6H7ClS/c1-5-2-6(3-7)4-8-5/h2,4H,3H2,1H3. The first-order valence-corrected chi connectivity index (χ1v) is 3.84. The monoisotopic (exact) mass is 146 g/mol. The lowest BCUT2D eigenvalue weighted by molar-refractivity contribution is 1.44. The summed E-state index contributed by atoms with van der Waals surface area (Å²) in [6, 6.07) is 2.11. The molecule has 0 saturated heterocycles. The molecule has 1 heterocycles. The van der Waals surface area contributed by atoms with Crippen molar-refractivity contribution in [3.8, 4) is 0 Å². The quantitative estimate of drug-likeness (QED) is 0.535. The van der Waals surface area contributed by atoms with Crippen molar-refractivity contribution in [2.24, 2.45) is 0 Å². The molecular formula is C6H7ClS. The minimum absolute atomic E-state index is 0.643. The molecule has 44 valence electrons. The molecule has 0 N–H and O–H groups in total. The lowest BCUT2D eigenvalue weighted by Crippen LogP contribution is -1.64. The summed E-state index contributed by atoms with van der Waals surface area (Å²) >= 11 is 7.29. The molecule has 0 amide bonds. The van der Waals surface area contributed by atoms with Crippen molar-refractivity contribution in [2.75, 3.05) is 0 Å². The lowest BCUT2D eigenvalue weighted by atomic mass is 10.3. The first kappa shape index (κ1) is 6.12. The summed E-state index contributed by atoms with van der Waals surface area (Å²) in [6.07, 6.45) is 0. The van der Waals surface area contributed by atoms with E-state index in [0.717, 1.165) is 0 Å². The van der Waals surface area contributed by atoms with E-state index in [4.69, 9.17) is 11.6 Å². The van der Waals surface area contributed by atoms with E-state index in [2.05, 4.69) is 18.4 Å². The Morgan fingerprint density at radius 3 is 2.75 bits per heavy atom. The molecule has 0 aliphatic carbocycles. The Morgan fingerprint density at radius 1 is 1.75 bits per heavy atom. The van der Waals surface area contributed by atoms with Crippen molar-refractivity contribution in [3.63, 3.8) is 0 Å². The number of halogens is 1. The van der Waals surface area contributed by atoms with Gasteiger partial charge in [0.05, 0.1) is 0 Å². The molecule has 0 bridgehead atoms. The van der Waals surface area contributed by atoms with Crippen LogP contribution >= 0.6 is 22.9 Å². The van der Waals surface area contributed by atoms with Gasteiger partial charge in [0.2, 0.25) is 0 Å². The van der Waals surface area contributed by atoms with Crippen LogP contribution < -0.4 is 0 Å². The predicted molar refractivity (Wildman–Crippen MR) is 38.6 cm³/mol. The molecular weight excluding hydrogens is 140 g/mol. The van der Waals surface area contributed by atoms with Crippen LogP contribution in [-0.2, 0) is 5.88 Å². The zero-order valence-corrected chi connectivity index (χ0v) is 6.22. The summed E-state index contributed by atoms with van der Waals surface area (Å²) in [6.45, 7) is 2.08. The molecule has 8 heavy (non-hydrogen) atoms. The van der Waals surface area contributed by atoms with Crippen LogP contribution in [-0.4, -0.2) is 0 Å². The topological polar surface area (TPSA) is 0 Å². The van der Waals surface area contributed by atoms with Gasteiger partial charge in [0, 0.05) is 10.8 Å². The van der Waals surface area contributed by atoms with Crippen molar-refractivity contribution in [2.45, 2.75) is 12.8 Å². The maximum atomic E-state index is 5.55. The minimum atomic E-state index is 0.643. The molecule has 0 unspecified atom stereocenters. The first-order chi connectivity index (χ1) is 3.83. The molecule has 0 saturated carbocycles. The summed E-state index contributed by atoms with van der Waals surface area (Å²) in [7, 11) is 0. The van der Waals surface area contributed by atoms with Gasteiger partial charge in [-0.15, -0.1) is 22.9 Å². The van der Waals surface area contributed by atoms with Gasteiger partial charge in [-0.3, -0.25) is 0 Å². The van der Waals surface area contributed by atoms with Crippen LogP contribution in [0.2, 0.25) is 0 Å². The third-order valence-electron chi connectivity index (χ3n) is 0.939. The van der Waals surface area contributed by atoms with E-state index >= 15 is 0 Å². The number of rotatable bonds is 1. The van der Waals surface area contributed by atoms with Crippen LogP contribution in [0.1, 0.15) is 10.4 Å². The molecule has 0 radical (unpaired) electrons. The summed E-state index contributed by atoms with van der Waals surface area (Å²) in [5.41, 5.74) is 1.23. The highest BCUT2D eigenvalue weighted by Gasteiger charge is 1.90. The maximum absolute atomic E-state index is 5.55. The number of aryl methyl sites for hydroxylation is 1. The van der Waals surface area contributed by atoms with Gasteiger partial charge in [-0.2, -0.15) is 0 Å². The summed E-state index contributed by atoms with van der Waals surface area (Å²) in [5.74, 6) is 0.643. The Hall–Kier alpha value is -0.0100. The zero-order chi connectivity index (χ0) is 5.98. The van der Waals surface area contributed by atoms with Crippen molar-refractivity contribution in [1.29, 1.82) is 0 Å². The second kappa shape index (κ2) is 2.51. The van der Waals surface area contributed by atoms with E-state index in [1.54, 1.807) is 11.3 Å². The molecule has 0 nitrogen and oxygen atoms in total. The molecule has 0 spiro atoms. The Kier molecular flexibility index (Phi) is 1.92. The van der Waals surface area contributed by atoms with Gasteiger partial charge in [-0.25, -0.2) is 0 Å². The molecule has 2 heteroatoms.